The molecule has 3 atom stereocenters. The molecule has 0 heterocycles. The highest BCUT2D eigenvalue weighted by atomic mass is 16.1. The third kappa shape index (κ3) is 1.77. The van der Waals surface area contributed by atoms with Crippen molar-refractivity contribution in [3.8, 4) is 0 Å². The van der Waals surface area contributed by atoms with Gasteiger partial charge < -0.3 is 0 Å². The molecule has 2 bridgehead atoms. The third-order valence-electron chi connectivity index (χ3n) is 4.94. The van der Waals surface area contributed by atoms with Crippen LogP contribution in [0.15, 0.2) is 23.8 Å². The minimum absolute atomic E-state index is 0.515. The molecular formula is C15H22O. The second-order valence-corrected chi connectivity index (χ2v) is 5.70. The molecule has 0 spiro atoms. The normalized spacial score (nSPS) is 38.1. The quantitative estimate of drug-likeness (QED) is 0.397. The Hall–Kier alpha value is -0.850. The van der Waals surface area contributed by atoms with Gasteiger partial charge in [0.15, 0.2) is 0 Å². The molecule has 1 nitrogen and oxygen atoms in total. The van der Waals surface area contributed by atoms with E-state index in [-0.39, 0.29) is 0 Å². The first-order valence-electron chi connectivity index (χ1n) is 6.40. The minimum atomic E-state index is 0.515. The monoisotopic (exact) mass is 218 g/mol. The number of carbonyl (C=O) groups is 1. The zero-order valence-electron chi connectivity index (χ0n) is 10.5. The van der Waals surface area contributed by atoms with Crippen LogP contribution >= 0.6 is 0 Å². The Balaban J connectivity index is 1.99. The molecule has 2 fully saturated rings. The maximum Gasteiger partial charge on any atom is 0.145 e. The number of rotatable bonds is 4. The van der Waals surface area contributed by atoms with E-state index in [1.807, 2.05) is 6.92 Å². The molecule has 0 N–H and O–H groups in total. The standard InChI is InChI=1S/C15H22O/c1-11(10-16)5-4-7-15-8-6-14(9-15)12(2)13(15)3/h5,10,13-14H,2,4,6-9H2,1,3H3. The fraction of sp³-hybridized carbons (Fsp3) is 0.667. The van der Waals surface area contributed by atoms with Crippen molar-refractivity contribution in [3.63, 3.8) is 0 Å². The van der Waals surface area contributed by atoms with Crippen LogP contribution in [0.25, 0.3) is 0 Å². The summed E-state index contributed by atoms with van der Waals surface area (Å²) in [6.45, 7) is 8.48. The van der Waals surface area contributed by atoms with Gasteiger partial charge in [-0.3, -0.25) is 4.79 Å². The van der Waals surface area contributed by atoms with E-state index in [1.54, 1.807) is 0 Å². The van der Waals surface area contributed by atoms with Gasteiger partial charge in [-0.1, -0.05) is 25.2 Å². The Morgan fingerprint density at radius 2 is 2.38 bits per heavy atom. The summed E-state index contributed by atoms with van der Waals surface area (Å²) < 4.78 is 0. The molecule has 0 amide bonds. The smallest absolute Gasteiger partial charge is 0.145 e. The van der Waals surface area contributed by atoms with Gasteiger partial charge in [-0.2, -0.15) is 0 Å². The van der Waals surface area contributed by atoms with Crippen molar-refractivity contribution in [1.29, 1.82) is 0 Å². The number of fused-ring (bicyclic) bond motifs is 2. The zero-order chi connectivity index (χ0) is 11.8. The van der Waals surface area contributed by atoms with Crippen molar-refractivity contribution in [2.75, 3.05) is 0 Å². The second kappa shape index (κ2) is 4.20. The largest absolute Gasteiger partial charge is 0.298 e. The summed E-state index contributed by atoms with van der Waals surface area (Å²) in [5.74, 6) is 1.49. The van der Waals surface area contributed by atoms with Gasteiger partial charge >= 0.3 is 0 Å². The molecule has 0 radical (unpaired) electrons. The predicted octanol–water partition coefficient (Wildman–Crippen LogP) is 3.90. The van der Waals surface area contributed by atoms with E-state index in [0.717, 1.165) is 24.2 Å². The minimum Gasteiger partial charge on any atom is -0.298 e. The van der Waals surface area contributed by atoms with Crippen molar-refractivity contribution in [2.45, 2.75) is 46.0 Å². The topological polar surface area (TPSA) is 17.1 Å². The van der Waals surface area contributed by atoms with E-state index in [9.17, 15) is 4.79 Å². The SMILES string of the molecule is C=C1C2CCC(CCC=C(C)C=O)(C2)C1C. The van der Waals surface area contributed by atoms with Crippen LogP contribution in [0.5, 0.6) is 0 Å². The number of allylic oxidation sites excluding steroid dienone is 3. The van der Waals surface area contributed by atoms with Crippen molar-refractivity contribution >= 4 is 6.29 Å². The fourth-order valence-electron chi connectivity index (χ4n) is 3.69. The first-order chi connectivity index (χ1) is 7.59. The highest BCUT2D eigenvalue weighted by Crippen LogP contribution is 2.61. The molecule has 2 saturated carbocycles. The van der Waals surface area contributed by atoms with Crippen molar-refractivity contribution in [1.82, 2.24) is 0 Å². The lowest BCUT2D eigenvalue weighted by atomic mass is 9.71. The zero-order valence-corrected chi connectivity index (χ0v) is 10.5. The summed E-state index contributed by atoms with van der Waals surface area (Å²) in [7, 11) is 0. The molecule has 0 aromatic heterocycles. The van der Waals surface area contributed by atoms with Crippen LogP contribution in [-0.4, -0.2) is 6.29 Å². The molecule has 0 aromatic rings. The summed E-state index contributed by atoms with van der Waals surface area (Å²) in [5, 5.41) is 0. The molecule has 0 aliphatic heterocycles. The average Bonchev–Trinajstić information content (AvgIpc) is 2.79. The van der Waals surface area contributed by atoms with Crippen molar-refractivity contribution in [3.05, 3.63) is 23.8 Å². The highest BCUT2D eigenvalue weighted by molar-refractivity contribution is 5.71. The van der Waals surface area contributed by atoms with Crippen LogP contribution < -0.4 is 0 Å². The molecule has 2 rings (SSSR count). The van der Waals surface area contributed by atoms with Crippen LogP contribution in [-0.2, 0) is 4.79 Å². The number of carbonyl (C=O) groups excluding carboxylic acids is 1. The first-order valence-corrected chi connectivity index (χ1v) is 6.40. The summed E-state index contributed by atoms with van der Waals surface area (Å²) in [6, 6.07) is 0. The van der Waals surface area contributed by atoms with Gasteiger partial charge in [0.05, 0.1) is 0 Å². The Morgan fingerprint density at radius 3 is 2.94 bits per heavy atom. The number of hydrogen-bond donors (Lipinski definition) is 0. The Morgan fingerprint density at radius 1 is 1.62 bits per heavy atom. The van der Waals surface area contributed by atoms with Crippen molar-refractivity contribution in [2.24, 2.45) is 17.3 Å². The van der Waals surface area contributed by atoms with Crippen LogP contribution in [0.2, 0.25) is 0 Å². The van der Waals surface area contributed by atoms with E-state index < -0.39 is 0 Å². The van der Waals surface area contributed by atoms with Crippen molar-refractivity contribution < 1.29 is 4.79 Å². The molecule has 2 aliphatic carbocycles. The predicted molar refractivity (Wildman–Crippen MR) is 67.1 cm³/mol. The first kappa shape index (κ1) is 11.6. The van der Waals surface area contributed by atoms with Crippen LogP contribution in [0.4, 0.5) is 0 Å². The summed E-state index contributed by atoms with van der Waals surface area (Å²) >= 11 is 0. The summed E-state index contributed by atoms with van der Waals surface area (Å²) in [4.78, 5) is 10.5. The van der Waals surface area contributed by atoms with Gasteiger partial charge in [0, 0.05) is 0 Å². The Kier molecular flexibility index (Phi) is 3.05. The highest BCUT2D eigenvalue weighted by Gasteiger charge is 2.51. The lowest BCUT2D eigenvalue weighted by molar-refractivity contribution is -0.104. The Labute approximate surface area is 98.6 Å². The fourth-order valence-corrected chi connectivity index (χ4v) is 3.69. The van der Waals surface area contributed by atoms with Crippen LogP contribution in [0, 0.1) is 17.3 Å². The van der Waals surface area contributed by atoms with Gasteiger partial charge in [0.1, 0.15) is 6.29 Å². The van der Waals surface area contributed by atoms with Gasteiger partial charge in [-0.25, -0.2) is 0 Å². The van der Waals surface area contributed by atoms with Crippen LogP contribution in [0.3, 0.4) is 0 Å². The Bertz CT molecular complexity index is 339. The van der Waals surface area contributed by atoms with Gasteiger partial charge in [0.2, 0.25) is 0 Å². The molecule has 1 heteroatoms. The van der Waals surface area contributed by atoms with E-state index in [2.05, 4.69) is 19.6 Å². The van der Waals surface area contributed by atoms with E-state index in [4.69, 9.17) is 0 Å². The summed E-state index contributed by atoms with van der Waals surface area (Å²) in [5.41, 5.74) is 2.87. The molecular weight excluding hydrogens is 196 g/mol. The van der Waals surface area contributed by atoms with Crippen LogP contribution in [0.1, 0.15) is 46.0 Å². The molecule has 2 aliphatic rings. The van der Waals surface area contributed by atoms with Gasteiger partial charge in [-0.05, 0) is 61.9 Å². The van der Waals surface area contributed by atoms with Gasteiger partial charge in [-0.15, -0.1) is 0 Å². The lowest BCUT2D eigenvalue weighted by Gasteiger charge is -2.33. The molecule has 16 heavy (non-hydrogen) atoms. The maximum absolute atomic E-state index is 10.5. The summed E-state index contributed by atoms with van der Waals surface area (Å²) in [6.07, 6.45) is 9.38. The van der Waals surface area contributed by atoms with E-state index in [1.165, 1.54) is 31.3 Å². The maximum atomic E-state index is 10.5. The third-order valence-corrected chi connectivity index (χ3v) is 4.94. The molecule has 88 valence electrons. The number of hydrogen-bond acceptors (Lipinski definition) is 1. The second-order valence-electron chi connectivity index (χ2n) is 5.70. The van der Waals surface area contributed by atoms with E-state index in [0.29, 0.717) is 11.3 Å². The van der Waals surface area contributed by atoms with Gasteiger partial charge in [0.25, 0.3) is 0 Å². The lowest BCUT2D eigenvalue weighted by Crippen LogP contribution is -2.23. The number of aldehydes is 1. The average molecular weight is 218 g/mol. The molecule has 3 unspecified atom stereocenters. The molecule has 0 saturated heterocycles. The molecule has 0 aromatic carbocycles. The van der Waals surface area contributed by atoms with E-state index >= 15 is 0 Å².